The molecule has 1 aliphatic rings. The minimum atomic E-state index is -0.0560. The molecule has 3 nitrogen and oxygen atoms in total. The summed E-state index contributed by atoms with van der Waals surface area (Å²) in [5, 5.41) is 6.35. The predicted molar refractivity (Wildman–Crippen MR) is 76.2 cm³/mol. The van der Waals surface area contributed by atoms with Crippen LogP contribution in [0.15, 0.2) is 48.5 Å². The SMILES string of the molecule is O=C(Nc1cccc2c1CNCC2)c1ccccc1. The molecule has 0 atom stereocenters. The largest absolute Gasteiger partial charge is 0.322 e. The van der Waals surface area contributed by atoms with Gasteiger partial charge in [-0.15, -0.1) is 0 Å². The van der Waals surface area contributed by atoms with Crippen molar-refractivity contribution in [3.05, 3.63) is 65.2 Å². The van der Waals surface area contributed by atoms with E-state index >= 15 is 0 Å². The third-order valence-corrected chi connectivity index (χ3v) is 3.43. The fourth-order valence-electron chi connectivity index (χ4n) is 2.42. The average molecular weight is 252 g/mol. The molecule has 0 aromatic heterocycles. The minimum Gasteiger partial charge on any atom is -0.322 e. The van der Waals surface area contributed by atoms with E-state index in [-0.39, 0.29) is 5.91 Å². The molecule has 3 rings (SSSR count). The monoisotopic (exact) mass is 252 g/mol. The van der Waals surface area contributed by atoms with Crippen molar-refractivity contribution in [2.45, 2.75) is 13.0 Å². The highest BCUT2D eigenvalue weighted by Gasteiger charge is 2.14. The maximum atomic E-state index is 12.2. The Morgan fingerprint density at radius 2 is 1.89 bits per heavy atom. The van der Waals surface area contributed by atoms with Crippen LogP contribution in [0.3, 0.4) is 0 Å². The van der Waals surface area contributed by atoms with Crippen LogP contribution in [-0.4, -0.2) is 12.5 Å². The third kappa shape index (κ3) is 2.51. The van der Waals surface area contributed by atoms with E-state index in [1.54, 1.807) is 0 Å². The smallest absolute Gasteiger partial charge is 0.255 e. The molecule has 3 heteroatoms. The highest BCUT2D eigenvalue weighted by molar-refractivity contribution is 6.04. The van der Waals surface area contributed by atoms with E-state index in [0.717, 1.165) is 25.2 Å². The van der Waals surface area contributed by atoms with E-state index in [1.165, 1.54) is 11.1 Å². The van der Waals surface area contributed by atoms with Gasteiger partial charge in [0.1, 0.15) is 0 Å². The van der Waals surface area contributed by atoms with E-state index in [9.17, 15) is 4.79 Å². The molecule has 0 spiro atoms. The molecule has 0 saturated carbocycles. The van der Waals surface area contributed by atoms with Gasteiger partial charge in [0, 0.05) is 17.8 Å². The van der Waals surface area contributed by atoms with Crippen molar-refractivity contribution in [2.24, 2.45) is 0 Å². The van der Waals surface area contributed by atoms with Gasteiger partial charge in [-0.05, 0) is 42.3 Å². The van der Waals surface area contributed by atoms with Crippen molar-refractivity contribution in [1.82, 2.24) is 5.32 Å². The van der Waals surface area contributed by atoms with Crippen LogP contribution in [0, 0.1) is 0 Å². The van der Waals surface area contributed by atoms with Gasteiger partial charge < -0.3 is 10.6 Å². The van der Waals surface area contributed by atoms with Crippen molar-refractivity contribution in [1.29, 1.82) is 0 Å². The van der Waals surface area contributed by atoms with E-state index in [0.29, 0.717) is 5.56 Å². The molecule has 0 unspecified atom stereocenters. The zero-order chi connectivity index (χ0) is 13.1. The molecule has 2 aromatic rings. The molecular formula is C16H16N2O. The summed E-state index contributed by atoms with van der Waals surface area (Å²) in [4.78, 5) is 12.2. The lowest BCUT2D eigenvalue weighted by Gasteiger charge is -2.20. The fraction of sp³-hybridized carbons (Fsp3) is 0.188. The number of amides is 1. The molecule has 1 aliphatic heterocycles. The van der Waals surface area contributed by atoms with Crippen LogP contribution in [-0.2, 0) is 13.0 Å². The second-order valence-corrected chi connectivity index (χ2v) is 4.69. The number of benzene rings is 2. The molecular weight excluding hydrogens is 236 g/mol. The first-order chi connectivity index (χ1) is 9.34. The summed E-state index contributed by atoms with van der Waals surface area (Å²) in [7, 11) is 0. The molecule has 2 aromatic carbocycles. The van der Waals surface area contributed by atoms with Gasteiger partial charge in [0.25, 0.3) is 5.91 Å². The normalized spacial score (nSPS) is 13.7. The Kier molecular flexibility index (Phi) is 3.29. The highest BCUT2D eigenvalue weighted by atomic mass is 16.1. The zero-order valence-corrected chi connectivity index (χ0v) is 10.6. The molecule has 0 aliphatic carbocycles. The van der Waals surface area contributed by atoms with Gasteiger partial charge in [-0.3, -0.25) is 4.79 Å². The summed E-state index contributed by atoms with van der Waals surface area (Å²) >= 11 is 0. The minimum absolute atomic E-state index is 0.0560. The lowest BCUT2D eigenvalue weighted by Crippen LogP contribution is -2.25. The Morgan fingerprint density at radius 3 is 2.74 bits per heavy atom. The molecule has 1 heterocycles. The maximum absolute atomic E-state index is 12.2. The Balaban J connectivity index is 1.86. The Hall–Kier alpha value is -2.13. The second-order valence-electron chi connectivity index (χ2n) is 4.69. The van der Waals surface area contributed by atoms with Crippen molar-refractivity contribution in [3.8, 4) is 0 Å². The van der Waals surface area contributed by atoms with E-state index in [2.05, 4.69) is 16.7 Å². The number of carbonyl (C=O) groups excluding carboxylic acids is 1. The number of anilines is 1. The van der Waals surface area contributed by atoms with E-state index in [1.807, 2.05) is 42.5 Å². The van der Waals surface area contributed by atoms with Crippen molar-refractivity contribution < 1.29 is 4.79 Å². The summed E-state index contributed by atoms with van der Waals surface area (Å²) in [5.74, 6) is -0.0560. The van der Waals surface area contributed by atoms with Crippen LogP contribution < -0.4 is 10.6 Å². The summed E-state index contributed by atoms with van der Waals surface area (Å²) in [6.45, 7) is 1.82. The van der Waals surface area contributed by atoms with Gasteiger partial charge in [0.05, 0.1) is 0 Å². The summed E-state index contributed by atoms with van der Waals surface area (Å²) in [6.07, 6.45) is 1.02. The van der Waals surface area contributed by atoms with Gasteiger partial charge in [-0.25, -0.2) is 0 Å². The number of nitrogens with one attached hydrogen (secondary N) is 2. The second kappa shape index (κ2) is 5.24. The number of hydrogen-bond acceptors (Lipinski definition) is 2. The lowest BCUT2D eigenvalue weighted by atomic mass is 9.99. The van der Waals surface area contributed by atoms with Crippen LogP contribution in [0.1, 0.15) is 21.5 Å². The topological polar surface area (TPSA) is 41.1 Å². The summed E-state index contributed by atoms with van der Waals surface area (Å²) < 4.78 is 0. The first kappa shape index (κ1) is 11.9. The molecule has 0 radical (unpaired) electrons. The Labute approximate surface area is 112 Å². The first-order valence-electron chi connectivity index (χ1n) is 6.52. The molecule has 19 heavy (non-hydrogen) atoms. The number of hydrogen-bond donors (Lipinski definition) is 2. The van der Waals surface area contributed by atoms with Gasteiger partial charge in [-0.2, -0.15) is 0 Å². The van der Waals surface area contributed by atoms with Crippen molar-refractivity contribution in [3.63, 3.8) is 0 Å². The van der Waals surface area contributed by atoms with Gasteiger partial charge in [-0.1, -0.05) is 30.3 Å². The molecule has 96 valence electrons. The van der Waals surface area contributed by atoms with Crippen LogP contribution in [0.4, 0.5) is 5.69 Å². The fourth-order valence-corrected chi connectivity index (χ4v) is 2.42. The Bertz CT molecular complexity index is 593. The van der Waals surface area contributed by atoms with E-state index in [4.69, 9.17) is 0 Å². The number of rotatable bonds is 2. The summed E-state index contributed by atoms with van der Waals surface area (Å²) in [6, 6.07) is 15.4. The van der Waals surface area contributed by atoms with E-state index < -0.39 is 0 Å². The third-order valence-electron chi connectivity index (χ3n) is 3.43. The molecule has 2 N–H and O–H groups in total. The maximum Gasteiger partial charge on any atom is 0.255 e. The molecule has 0 fully saturated rings. The van der Waals surface area contributed by atoms with Gasteiger partial charge in [0.2, 0.25) is 0 Å². The van der Waals surface area contributed by atoms with Crippen molar-refractivity contribution >= 4 is 11.6 Å². The van der Waals surface area contributed by atoms with Crippen LogP contribution in [0.2, 0.25) is 0 Å². The predicted octanol–water partition coefficient (Wildman–Crippen LogP) is 2.58. The van der Waals surface area contributed by atoms with Crippen LogP contribution >= 0.6 is 0 Å². The van der Waals surface area contributed by atoms with Crippen LogP contribution in [0.5, 0.6) is 0 Å². The quantitative estimate of drug-likeness (QED) is 0.862. The molecule has 0 bridgehead atoms. The zero-order valence-electron chi connectivity index (χ0n) is 10.6. The van der Waals surface area contributed by atoms with Gasteiger partial charge >= 0.3 is 0 Å². The van der Waals surface area contributed by atoms with Gasteiger partial charge in [0.15, 0.2) is 0 Å². The van der Waals surface area contributed by atoms with Crippen molar-refractivity contribution in [2.75, 3.05) is 11.9 Å². The number of fused-ring (bicyclic) bond motifs is 1. The Morgan fingerprint density at radius 1 is 1.05 bits per heavy atom. The summed E-state index contributed by atoms with van der Waals surface area (Å²) in [5.41, 5.74) is 4.13. The first-order valence-corrected chi connectivity index (χ1v) is 6.52. The lowest BCUT2D eigenvalue weighted by molar-refractivity contribution is 0.102. The molecule has 1 amide bonds. The number of carbonyl (C=O) groups is 1. The average Bonchev–Trinajstić information content (AvgIpc) is 2.48. The highest BCUT2D eigenvalue weighted by Crippen LogP contribution is 2.23. The molecule has 0 saturated heterocycles. The standard InChI is InChI=1S/C16H16N2O/c19-16(13-5-2-1-3-6-13)18-15-8-4-7-12-9-10-17-11-14(12)15/h1-8,17H,9-11H2,(H,18,19). The van der Waals surface area contributed by atoms with Crippen LogP contribution in [0.25, 0.3) is 0 Å².